The second-order valence-corrected chi connectivity index (χ2v) is 6.53. The van der Waals surface area contributed by atoms with Gasteiger partial charge in [-0.2, -0.15) is 0 Å². The van der Waals surface area contributed by atoms with Crippen LogP contribution in [0.4, 0.5) is 0 Å². The molecule has 0 saturated carbocycles. The van der Waals surface area contributed by atoms with E-state index in [0.717, 1.165) is 22.1 Å². The minimum Gasteiger partial charge on any atom is -0.305 e. The van der Waals surface area contributed by atoms with E-state index >= 15 is 0 Å². The van der Waals surface area contributed by atoms with Crippen LogP contribution in [0.3, 0.4) is 0 Å². The summed E-state index contributed by atoms with van der Waals surface area (Å²) in [6, 6.07) is 19.2. The molecule has 0 N–H and O–H groups in total. The van der Waals surface area contributed by atoms with Gasteiger partial charge in [0, 0.05) is 18.2 Å². The number of ketones is 1. The summed E-state index contributed by atoms with van der Waals surface area (Å²) >= 11 is 1.43. The monoisotopic (exact) mass is 323 g/mol. The lowest BCUT2D eigenvalue weighted by Crippen LogP contribution is -2.14. The van der Waals surface area contributed by atoms with E-state index in [0.29, 0.717) is 0 Å². The van der Waals surface area contributed by atoms with Crippen LogP contribution in [0.15, 0.2) is 65.8 Å². The third kappa shape index (κ3) is 3.35. The van der Waals surface area contributed by atoms with Crippen molar-refractivity contribution in [2.45, 2.75) is 17.3 Å². The predicted molar refractivity (Wildman–Crippen MR) is 92.5 cm³/mol. The molecule has 0 fully saturated rings. The van der Waals surface area contributed by atoms with Crippen molar-refractivity contribution >= 4 is 17.5 Å². The summed E-state index contributed by atoms with van der Waals surface area (Å²) in [5, 5.41) is 9.00. The van der Waals surface area contributed by atoms with Crippen LogP contribution in [-0.2, 0) is 7.05 Å². The molecule has 1 atom stereocenters. The van der Waals surface area contributed by atoms with Crippen molar-refractivity contribution in [3.8, 4) is 11.4 Å². The number of benzene rings is 2. The molecule has 3 aromatic rings. The number of hydrogen-bond acceptors (Lipinski definition) is 4. The second kappa shape index (κ2) is 6.79. The van der Waals surface area contributed by atoms with E-state index in [1.807, 2.05) is 79.2 Å². The van der Waals surface area contributed by atoms with E-state index in [-0.39, 0.29) is 11.0 Å². The highest BCUT2D eigenvalue weighted by Gasteiger charge is 2.20. The van der Waals surface area contributed by atoms with Gasteiger partial charge >= 0.3 is 0 Å². The van der Waals surface area contributed by atoms with Gasteiger partial charge in [0.05, 0.1) is 5.25 Å². The van der Waals surface area contributed by atoms with Gasteiger partial charge in [-0.3, -0.25) is 4.79 Å². The Bertz CT molecular complexity index is 800. The Balaban J connectivity index is 1.79. The van der Waals surface area contributed by atoms with Gasteiger partial charge in [0.1, 0.15) is 0 Å². The molecular formula is C18H17N3OS. The molecule has 1 heterocycles. The van der Waals surface area contributed by atoms with Gasteiger partial charge in [-0.15, -0.1) is 10.2 Å². The van der Waals surface area contributed by atoms with Gasteiger partial charge in [-0.1, -0.05) is 72.4 Å². The quantitative estimate of drug-likeness (QED) is 0.528. The Morgan fingerprint density at radius 2 is 1.61 bits per heavy atom. The second-order valence-electron chi connectivity index (χ2n) is 5.22. The smallest absolute Gasteiger partial charge is 0.191 e. The number of aromatic nitrogens is 3. The fourth-order valence-electron chi connectivity index (χ4n) is 2.30. The molecule has 4 nitrogen and oxygen atoms in total. The Morgan fingerprint density at radius 1 is 1.00 bits per heavy atom. The first-order chi connectivity index (χ1) is 11.2. The topological polar surface area (TPSA) is 47.8 Å². The fourth-order valence-corrected chi connectivity index (χ4v) is 3.20. The van der Waals surface area contributed by atoms with E-state index < -0.39 is 0 Å². The maximum absolute atomic E-state index is 12.5. The molecule has 0 bridgehead atoms. The van der Waals surface area contributed by atoms with Crippen LogP contribution < -0.4 is 0 Å². The third-order valence-corrected chi connectivity index (χ3v) is 4.71. The predicted octanol–water partition coefficient (Wildman–Crippen LogP) is 3.85. The number of Topliss-reactive ketones (excluding diaryl/α,β-unsaturated/α-hetero) is 1. The first-order valence-electron chi connectivity index (χ1n) is 7.37. The summed E-state index contributed by atoms with van der Waals surface area (Å²) in [5.74, 6) is 0.896. The maximum Gasteiger partial charge on any atom is 0.191 e. The highest BCUT2D eigenvalue weighted by molar-refractivity contribution is 8.00. The average Bonchev–Trinajstić information content (AvgIpc) is 2.96. The number of thioether (sulfide) groups is 1. The number of hydrogen-bond donors (Lipinski definition) is 0. The molecule has 1 aromatic heterocycles. The van der Waals surface area contributed by atoms with E-state index in [9.17, 15) is 4.79 Å². The van der Waals surface area contributed by atoms with Gasteiger partial charge in [0.25, 0.3) is 0 Å². The summed E-state index contributed by atoms with van der Waals surface area (Å²) < 4.78 is 1.93. The molecule has 0 amide bonds. The number of rotatable bonds is 5. The Hall–Kier alpha value is -2.40. The summed E-state index contributed by atoms with van der Waals surface area (Å²) in [5.41, 5.74) is 1.73. The highest BCUT2D eigenvalue weighted by Crippen LogP contribution is 2.27. The van der Waals surface area contributed by atoms with Crippen molar-refractivity contribution < 1.29 is 4.79 Å². The normalized spacial score (nSPS) is 12.1. The Kier molecular flexibility index (Phi) is 4.57. The minimum atomic E-state index is -0.219. The van der Waals surface area contributed by atoms with Gasteiger partial charge in [-0.25, -0.2) is 0 Å². The number of nitrogens with zero attached hydrogens (tertiary/aromatic N) is 3. The van der Waals surface area contributed by atoms with E-state index in [2.05, 4.69) is 10.2 Å². The zero-order chi connectivity index (χ0) is 16.2. The lowest BCUT2D eigenvalue weighted by atomic mass is 10.1. The van der Waals surface area contributed by atoms with Crippen molar-refractivity contribution in [3.05, 3.63) is 66.2 Å². The van der Waals surface area contributed by atoms with Crippen LogP contribution in [0.5, 0.6) is 0 Å². The van der Waals surface area contributed by atoms with Crippen LogP contribution in [-0.4, -0.2) is 25.8 Å². The summed E-state index contributed by atoms with van der Waals surface area (Å²) in [6.45, 7) is 1.90. The highest BCUT2D eigenvalue weighted by atomic mass is 32.2. The molecule has 0 radical (unpaired) electrons. The van der Waals surface area contributed by atoms with Crippen LogP contribution in [0.25, 0.3) is 11.4 Å². The lowest BCUT2D eigenvalue weighted by molar-refractivity contribution is 0.0994. The zero-order valence-electron chi connectivity index (χ0n) is 13.0. The van der Waals surface area contributed by atoms with E-state index in [4.69, 9.17) is 0 Å². The van der Waals surface area contributed by atoms with E-state index in [1.165, 1.54) is 11.8 Å². The summed E-state index contributed by atoms with van der Waals surface area (Å²) in [7, 11) is 1.92. The third-order valence-electron chi connectivity index (χ3n) is 3.58. The van der Waals surface area contributed by atoms with Gasteiger partial charge in [0.15, 0.2) is 16.8 Å². The van der Waals surface area contributed by atoms with Crippen molar-refractivity contribution in [3.63, 3.8) is 0 Å². The molecule has 23 heavy (non-hydrogen) atoms. The minimum absolute atomic E-state index is 0.0971. The fraction of sp³-hybridized carbons (Fsp3) is 0.167. The van der Waals surface area contributed by atoms with Gasteiger partial charge in [0.2, 0.25) is 0 Å². The van der Waals surface area contributed by atoms with Crippen molar-refractivity contribution in [2.24, 2.45) is 7.05 Å². The molecule has 0 aliphatic heterocycles. The molecule has 0 spiro atoms. The molecule has 0 aliphatic carbocycles. The molecule has 5 heteroatoms. The molecule has 116 valence electrons. The van der Waals surface area contributed by atoms with Crippen LogP contribution in [0.2, 0.25) is 0 Å². The largest absolute Gasteiger partial charge is 0.305 e. The molecule has 2 aromatic carbocycles. The Labute approximate surface area is 139 Å². The number of carbonyl (C=O) groups excluding carboxylic acids is 1. The van der Waals surface area contributed by atoms with Crippen molar-refractivity contribution in [1.82, 2.24) is 14.8 Å². The van der Waals surface area contributed by atoms with Gasteiger partial charge in [-0.05, 0) is 6.92 Å². The molecule has 0 aliphatic rings. The maximum atomic E-state index is 12.5. The summed E-state index contributed by atoms with van der Waals surface area (Å²) in [4.78, 5) is 12.5. The lowest BCUT2D eigenvalue weighted by Gasteiger charge is -2.10. The summed E-state index contributed by atoms with van der Waals surface area (Å²) in [6.07, 6.45) is 0. The molecule has 3 rings (SSSR count). The first kappa shape index (κ1) is 15.5. The standard InChI is InChI=1S/C18H17N3OS/c1-13(16(22)14-9-5-3-6-10-14)23-18-20-19-17(21(18)2)15-11-7-4-8-12-15/h3-13H,1-2H3/t13-/m0/s1. The average molecular weight is 323 g/mol. The van der Waals surface area contributed by atoms with Crippen LogP contribution in [0, 0.1) is 0 Å². The Morgan fingerprint density at radius 3 is 2.26 bits per heavy atom. The van der Waals surface area contributed by atoms with Crippen LogP contribution in [0.1, 0.15) is 17.3 Å². The SMILES string of the molecule is C[C@H](Sc1nnc(-c2ccccc2)n1C)C(=O)c1ccccc1. The van der Waals surface area contributed by atoms with Crippen molar-refractivity contribution in [1.29, 1.82) is 0 Å². The zero-order valence-corrected chi connectivity index (χ0v) is 13.8. The first-order valence-corrected chi connectivity index (χ1v) is 8.25. The molecular weight excluding hydrogens is 306 g/mol. The number of carbonyl (C=O) groups is 1. The van der Waals surface area contributed by atoms with Crippen molar-refractivity contribution in [2.75, 3.05) is 0 Å². The molecule has 0 saturated heterocycles. The van der Waals surface area contributed by atoms with E-state index in [1.54, 1.807) is 0 Å². The van der Waals surface area contributed by atoms with Crippen LogP contribution >= 0.6 is 11.8 Å². The molecule has 0 unspecified atom stereocenters. The van der Waals surface area contributed by atoms with Gasteiger partial charge < -0.3 is 4.57 Å².